The molecule has 29 heavy (non-hydrogen) atoms. The van der Waals surface area contributed by atoms with Gasteiger partial charge in [0.25, 0.3) is 5.91 Å². The van der Waals surface area contributed by atoms with E-state index in [2.05, 4.69) is 5.32 Å². The number of esters is 1. The molecule has 7 nitrogen and oxygen atoms in total. The summed E-state index contributed by atoms with van der Waals surface area (Å²) >= 11 is 0. The molecule has 1 fully saturated rings. The zero-order valence-corrected chi connectivity index (χ0v) is 16.3. The van der Waals surface area contributed by atoms with Crippen LogP contribution < -0.4 is 10.5 Å². The lowest BCUT2D eigenvalue weighted by Gasteiger charge is -2.07. The molecule has 0 bridgehead atoms. The molecule has 2 aromatic carbocycles. The lowest BCUT2D eigenvalue weighted by Crippen LogP contribution is -2.30. The molecule has 1 aliphatic rings. The molecule has 2 atom stereocenters. The van der Waals surface area contributed by atoms with Gasteiger partial charge < -0.3 is 10.1 Å². The Labute approximate surface area is 168 Å². The Kier molecular flexibility index (Phi) is 6.29. The fraction of sp³-hybridized carbons (Fsp3) is 0.300. The molecule has 154 valence electrons. The number of carbonyl (C=O) groups is 2. The normalized spacial score (nSPS) is 18.1. The maximum absolute atomic E-state index is 12.9. The third kappa shape index (κ3) is 5.85. The van der Waals surface area contributed by atoms with Gasteiger partial charge in [-0.15, -0.1) is 0 Å². The van der Waals surface area contributed by atoms with Gasteiger partial charge in [0.05, 0.1) is 10.8 Å². The number of nitrogens with one attached hydrogen (secondary N) is 1. The molecule has 2 unspecified atom stereocenters. The van der Waals surface area contributed by atoms with Crippen LogP contribution in [0.2, 0.25) is 0 Å². The summed E-state index contributed by atoms with van der Waals surface area (Å²) in [6.07, 6.45) is 1.11. The molecule has 2 aromatic rings. The second-order valence-electron chi connectivity index (χ2n) is 6.90. The predicted molar refractivity (Wildman–Crippen MR) is 103 cm³/mol. The highest BCUT2D eigenvalue weighted by Gasteiger charge is 2.45. The smallest absolute Gasteiger partial charge is 0.310 e. The standard InChI is InChI=1S/C20H21FN2O5S/c21-15-5-3-14(4-6-15)17-11-18(17)20(25)28-12-19(24)23-10-9-13-1-7-16(8-2-13)29(22,26)27/h1-8,17-18H,9-12H2,(H,23,24)(H2,22,26,27). The number of amides is 1. The van der Waals surface area contributed by atoms with Crippen LogP contribution in [0.5, 0.6) is 0 Å². The molecule has 3 rings (SSSR count). The minimum atomic E-state index is -3.73. The van der Waals surface area contributed by atoms with Gasteiger partial charge in [-0.05, 0) is 54.2 Å². The van der Waals surface area contributed by atoms with E-state index in [4.69, 9.17) is 9.88 Å². The van der Waals surface area contributed by atoms with Crippen molar-refractivity contribution in [3.05, 3.63) is 65.5 Å². The Morgan fingerprint density at radius 2 is 1.76 bits per heavy atom. The van der Waals surface area contributed by atoms with Crippen molar-refractivity contribution in [3.63, 3.8) is 0 Å². The van der Waals surface area contributed by atoms with Gasteiger partial charge in [-0.3, -0.25) is 9.59 Å². The Morgan fingerprint density at radius 1 is 1.10 bits per heavy atom. The van der Waals surface area contributed by atoms with E-state index < -0.39 is 21.9 Å². The summed E-state index contributed by atoms with van der Waals surface area (Å²) in [5.41, 5.74) is 1.71. The summed E-state index contributed by atoms with van der Waals surface area (Å²) in [5.74, 6) is -1.48. The van der Waals surface area contributed by atoms with Crippen molar-refractivity contribution in [1.29, 1.82) is 0 Å². The van der Waals surface area contributed by atoms with Crippen molar-refractivity contribution < 1.29 is 27.1 Å². The van der Waals surface area contributed by atoms with Crippen molar-refractivity contribution in [2.75, 3.05) is 13.2 Å². The summed E-state index contributed by atoms with van der Waals surface area (Å²) in [7, 11) is -3.73. The van der Waals surface area contributed by atoms with E-state index >= 15 is 0 Å². The molecular formula is C20H21FN2O5S. The number of nitrogens with two attached hydrogens (primary N) is 1. The number of hydrogen-bond acceptors (Lipinski definition) is 5. The van der Waals surface area contributed by atoms with Crippen molar-refractivity contribution >= 4 is 21.9 Å². The SMILES string of the molecule is NS(=O)(=O)c1ccc(CCNC(=O)COC(=O)C2CC2c2ccc(F)cc2)cc1. The highest BCUT2D eigenvalue weighted by molar-refractivity contribution is 7.89. The second-order valence-corrected chi connectivity index (χ2v) is 8.46. The van der Waals surface area contributed by atoms with Crippen LogP contribution in [-0.4, -0.2) is 33.4 Å². The minimum absolute atomic E-state index is 0.00599. The van der Waals surface area contributed by atoms with E-state index in [0.29, 0.717) is 19.4 Å². The van der Waals surface area contributed by atoms with Crippen molar-refractivity contribution in [1.82, 2.24) is 5.32 Å². The lowest BCUT2D eigenvalue weighted by molar-refractivity contribution is -0.149. The van der Waals surface area contributed by atoms with E-state index in [9.17, 15) is 22.4 Å². The van der Waals surface area contributed by atoms with Crippen LogP contribution in [-0.2, 0) is 30.8 Å². The highest BCUT2D eigenvalue weighted by atomic mass is 32.2. The first-order valence-electron chi connectivity index (χ1n) is 9.04. The van der Waals surface area contributed by atoms with Crippen molar-refractivity contribution in [3.8, 4) is 0 Å². The maximum atomic E-state index is 12.9. The number of rotatable bonds is 8. The van der Waals surface area contributed by atoms with Gasteiger partial charge in [0.15, 0.2) is 6.61 Å². The number of benzene rings is 2. The van der Waals surface area contributed by atoms with Crippen molar-refractivity contribution in [2.45, 2.75) is 23.7 Å². The number of hydrogen-bond donors (Lipinski definition) is 2. The average molecular weight is 420 g/mol. The van der Waals surface area contributed by atoms with Crippen LogP contribution >= 0.6 is 0 Å². The number of primary sulfonamides is 1. The van der Waals surface area contributed by atoms with E-state index in [-0.39, 0.29) is 29.2 Å². The fourth-order valence-corrected chi connectivity index (χ4v) is 3.54. The zero-order valence-electron chi connectivity index (χ0n) is 15.5. The highest BCUT2D eigenvalue weighted by Crippen LogP contribution is 2.48. The van der Waals surface area contributed by atoms with Gasteiger partial charge in [0.2, 0.25) is 10.0 Å². The predicted octanol–water partition coefficient (Wildman–Crippen LogP) is 1.48. The van der Waals surface area contributed by atoms with E-state index in [1.807, 2.05) is 0 Å². The Morgan fingerprint density at radius 3 is 2.38 bits per heavy atom. The first-order valence-corrected chi connectivity index (χ1v) is 10.6. The minimum Gasteiger partial charge on any atom is -0.455 e. The van der Waals surface area contributed by atoms with Crippen LogP contribution in [0, 0.1) is 11.7 Å². The largest absolute Gasteiger partial charge is 0.455 e. The van der Waals surface area contributed by atoms with E-state index in [1.165, 1.54) is 24.3 Å². The monoisotopic (exact) mass is 420 g/mol. The summed E-state index contributed by atoms with van der Waals surface area (Å²) in [6.45, 7) is -0.0530. The molecular weight excluding hydrogens is 399 g/mol. The van der Waals surface area contributed by atoms with Crippen molar-refractivity contribution in [2.24, 2.45) is 11.1 Å². The molecule has 0 heterocycles. The van der Waals surface area contributed by atoms with E-state index in [1.54, 1.807) is 24.3 Å². The van der Waals surface area contributed by atoms with Crippen LogP contribution in [0.25, 0.3) is 0 Å². The first kappa shape index (κ1) is 20.9. The quantitative estimate of drug-likeness (QED) is 0.628. The van der Waals surface area contributed by atoms with Gasteiger partial charge in [-0.1, -0.05) is 24.3 Å². The van der Waals surface area contributed by atoms with Gasteiger partial charge in [0, 0.05) is 6.54 Å². The van der Waals surface area contributed by atoms with Crippen LogP contribution in [0.15, 0.2) is 53.4 Å². The second kappa shape index (κ2) is 8.71. The summed E-state index contributed by atoms with van der Waals surface area (Å²) in [5, 5.41) is 7.68. The molecule has 1 aliphatic carbocycles. The third-order valence-corrected chi connectivity index (χ3v) is 5.65. The molecule has 1 saturated carbocycles. The lowest BCUT2D eigenvalue weighted by atomic mass is 10.1. The fourth-order valence-electron chi connectivity index (χ4n) is 3.02. The Bertz CT molecular complexity index is 991. The Hall–Kier alpha value is -2.78. The number of halogens is 1. The van der Waals surface area contributed by atoms with Crippen LogP contribution in [0.3, 0.4) is 0 Å². The molecule has 9 heteroatoms. The van der Waals surface area contributed by atoms with Gasteiger partial charge in [-0.25, -0.2) is 17.9 Å². The first-order chi connectivity index (χ1) is 13.7. The van der Waals surface area contributed by atoms with Crippen LogP contribution in [0.1, 0.15) is 23.5 Å². The number of sulfonamides is 1. The molecule has 0 aliphatic heterocycles. The zero-order chi connectivity index (χ0) is 21.0. The topological polar surface area (TPSA) is 116 Å². The number of carbonyl (C=O) groups excluding carboxylic acids is 2. The molecule has 1 amide bonds. The maximum Gasteiger partial charge on any atom is 0.310 e. The summed E-state index contributed by atoms with van der Waals surface area (Å²) in [6, 6.07) is 12.1. The molecule has 0 aromatic heterocycles. The molecule has 0 saturated heterocycles. The average Bonchev–Trinajstić information content (AvgIpc) is 3.47. The molecule has 3 N–H and O–H groups in total. The summed E-state index contributed by atoms with van der Waals surface area (Å²) in [4.78, 5) is 23.9. The summed E-state index contributed by atoms with van der Waals surface area (Å²) < 4.78 is 40.4. The van der Waals surface area contributed by atoms with Gasteiger partial charge >= 0.3 is 5.97 Å². The van der Waals surface area contributed by atoms with E-state index in [0.717, 1.165) is 11.1 Å². The van der Waals surface area contributed by atoms with Gasteiger partial charge in [-0.2, -0.15) is 0 Å². The van der Waals surface area contributed by atoms with Crippen LogP contribution in [0.4, 0.5) is 4.39 Å². The third-order valence-electron chi connectivity index (χ3n) is 4.72. The molecule has 0 radical (unpaired) electrons. The molecule has 0 spiro atoms. The number of ether oxygens (including phenoxy) is 1. The Balaban J connectivity index is 1.36. The van der Waals surface area contributed by atoms with Gasteiger partial charge in [0.1, 0.15) is 5.82 Å².